The lowest BCUT2D eigenvalue weighted by atomic mass is 10.1. The average Bonchev–Trinajstić information content (AvgIpc) is 2.94. The van der Waals surface area contributed by atoms with Crippen molar-refractivity contribution in [1.82, 2.24) is 16.0 Å². The monoisotopic (exact) mass is 380 g/mol. The van der Waals surface area contributed by atoms with Crippen LogP contribution in [0.4, 0.5) is 0 Å². The smallest absolute Gasteiger partial charge is 0.222 e. The molecule has 0 spiro atoms. The number of amides is 1. The maximum atomic E-state index is 12.0. The molecule has 0 aromatic heterocycles. The molecule has 7 nitrogen and oxygen atoms in total. The summed E-state index contributed by atoms with van der Waals surface area (Å²) >= 11 is 0. The molecular weight excluding hydrogens is 352 g/mol. The molecule has 0 radical (unpaired) electrons. The summed E-state index contributed by atoms with van der Waals surface area (Å²) in [6.45, 7) is 5.09. The number of carbonyl (C=O) groups is 1. The number of carbonyl (C=O) groups excluding carboxylic acids is 1. The lowest BCUT2D eigenvalue weighted by molar-refractivity contribution is -0.121. The standard InChI is InChI=1S/C18H28N4O3S/c1-3-19-18(21-14(2)15-7-5-4-6-8-15)20-11-9-17(23)22-16-10-12-26(24,25)13-16/h4-8,14,16H,3,9-13H2,1-2H3,(H,22,23)(H2,19,20,21). The van der Waals surface area contributed by atoms with Crippen molar-refractivity contribution >= 4 is 21.7 Å². The average molecular weight is 381 g/mol. The van der Waals surface area contributed by atoms with E-state index in [0.717, 1.165) is 12.1 Å². The third-order valence-corrected chi connectivity index (χ3v) is 5.97. The van der Waals surface area contributed by atoms with Gasteiger partial charge in [-0.25, -0.2) is 8.42 Å². The predicted octanol–water partition coefficient (Wildman–Crippen LogP) is 0.996. The Bertz CT molecular complexity index is 719. The van der Waals surface area contributed by atoms with Crippen molar-refractivity contribution < 1.29 is 13.2 Å². The largest absolute Gasteiger partial charge is 0.357 e. The number of nitrogens with one attached hydrogen (secondary N) is 3. The van der Waals surface area contributed by atoms with E-state index in [9.17, 15) is 13.2 Å². The van der Waals surface area contributed by atoms with Gasteiger partial charge in [0, 0.05) is 19.0 Å². The van der Waals surface area contributed by atoms with Gasteiger partial charge in [-0.05, 0) is 25.8 Å². The van der Waals surface area contributed by atoms with E-state index < -0.39 is 9.84 Å². The van der Waals surface area contributed by atoms with Crippen LogP contribution in [0.25, 0.3) is 0 Å². The van der Waals surface area contributed by atoms with Gasteiger partial charge in [-0.15, -0.1) is 0 Å². The van der Waals surface area contributed by atoms with Crippen LogP contribution in [0.2, 0.25) is 0 Å². The molecule has 26 heavy (non-hydrogen) atoms. The highest BCUT2D eigenvalue weighted by Crippen LogP contribution is 2.12. The van der Waals surface area contributed by atoms with Crippen molar-refractivity contribution in [2.24, 2.45) is 4.99 Å². The molecule has 2 atom stereocenters. The Morgan fingerprint density at radius 3 is 2.65 bits per heavy atom. The zero-order valence-electron chi connectivity index (χ0n) is 15.4. The van der Waals surface area contributed by atoms with Gasteiger partial charge in [-0.3, -0.25) is 9.79 Å². The summed E-state index contributed by atoms with van der Waals surface area (Å²) in [6.07, 6.45) is 0.725. The summed E-state index contributed by atoms with van der Waals surface area (Å²) in [7, 11) is -2.98. The number of sulfone groups is 1. The Morgan fingerprint density at radius 2 is 2.04 bits per heavy atom. The molecule has 0 aliphatic carbocycles. The minimum atomic E-state index is -2.98. The maximum absolute atomic E-state index is 12.0. The van der Waals surface area contributed by atoms with Crippen LogP contribution in [0.5, 0.6) is 0 Å². The second-order valence-electron chi connectivity index (χ2n) is 6.45. The van der Waals surface area contributed by atoms with E-state index >= 15 is 0 Å². The molecule has 0 saturated carbocycles. The molecule has 0 bridgehead atoms. The van der Waals surface area contributed by atoms with Gasteiger partial charge in [-0.1, -0.05) is 30.3 Å². The van der Waals surface area contributed by atoms with E-state index in [1.165, 1.54) is 0 Å². The van der Waals surface area contributed by atoms with Gasteiger partial charge in [0.2, 0.25) is 5.91 Å². The maximum Gasteiger partial charge on any atom is 0.222 e. The lowest BCUT2D eigenvalue weighted by Gasteiger charge is -2.18. The van der Waals surface area contributed by atoms with Gasteiger partial charge >= 0.3 is 0 Å². The normalized spacial score (nSPS) is 20.4. The fraction of sp³-hybridized carbons (Fsp3) is 0.556. The molecule has 1 amide bonds. The molecule has 2 unspecified atom stereocenters. The summed E-state index contributed by atoms with van der Waals surface area (Å²) in [5.41, 5.74) is 1.15. The molecule has 144 valence electrons. The van der Waals surface area contributed by atoms with Crippen molar-refractivity contribution in [3.05, 3.63) is 35.9 Å². The number of hydrogen-bond acceptors (Lipinski definition) is 4. The van der Waals surface area contributed by atoms with E-state index in [0.29, 0.717) is 18.9 Å². The van der Waals surface area contributed by atoms with Crippen molar-refractivity contribution in [3.63, 3.8) is 0 Å². The van der Waals surface area contributed by atoms with Gasteiger partial charge in [0.1, 0.15) is 0 Å². The van der Waals surface area contributed by atoms with Crippen LogP contribution in [0.15, 0.2) is 35.3 Å². The van der Waals surface area contributed by atoms with Crippen LogP contribution in [-0.4, -0.2) is 50.9 Å². The van der Waals surface area contributed by atoms with Crippen LogP contribution >= 0.6 is 0 Å². The minimum absolute atomic E-state index is 0.0425. The van der Waals surface area contributed by atoms with Crippen LogP contribution in [-0.2, 0) is 14.6 Å². The summed E-state index contributed by atoms with van der Waals surface area (Å²) in [6, 6.07) is 9.88. The topological polar surface area (TPSA) is 99.7 Å². The predicted molar refractivity (Wildman–Crippen MR) is 104 cm³/mol. The fourth-order valence-electron chi connectivity index (χ4n) is 2.83. The van der Waals surface area contributed by atoms with Crippen molar-refractivity contribution in [1.29, 1.82) is 0 Å². The number of nitrogens with zero attached hydrogens (tertiary/aromatic N) is 1. The zero-order valence-corrected chi connectivity index (χ0v) is 16.2. The van der Waals surface area contributed by atoms with Gasteiger partial charge in [0.25, 0.3) is 0 Å². The van der Waals surface area contributed by atoms with Crippen LogP contribution in [0, 0.1) is 0 Å². The summed E-state index contributed by atoms with van der Waals surface area (Å²) in [5, 5.41) is 9.27. The van der Waals surface area contributed by atoms with Gasteiger partial charge in [-0.2, -0.15) is 0 Å². The summed E-state index contributed by atoms with van der Waals surface area (Å²) in [4.78, 5) is 16.4. The van der Waals surface area contributed by atoms with Crippen molar-refractivity contribution in [2.75, 3.05) is 24.6 Å². The Balaban J connectivity index is 1.81. The molecule has 1 aromatic carbocycles. The molecule has 2 rings (SSSR count). The summed E-state index contributed by atoms with van der Waals surface area (Å²) in [5.74, 6) is 0.686. The summed E-state index contributed by atoms with van der Waals surface area (Å²) < 4.78 is 22.9. The first-order valence-electron chi connectivity index (χ1n) is 8.99. The second-order valence-corrected chi connectivity index (χ2v) is 8.68. The fourth-order valence-corrected chi connectivity index (χ4v) is 4.50. The van der Waals surface area contributed by atoms with Gasteiger partial charge < -0.3 is 16.0 Å². The second kappa shape index (κ2) is 9.56. The quantitative estimate of drug-likeness (QED) is 0.484. The number of hydrogen-bond donors (Lipinski definition) is 3. The highest BCUT2D eigenvalue weighted by molar-refractivity contribution is 7.91. The SMILES string of the molecule is CCNC(=NCCC(=O)NC1CCS(=O)(=O)C1)NC(C)c1ccccc1. The molecule has 1 aliphatic rings. The highest BCUT2D eigenvalue weighted by Gasteiger charge is 2.28. The Morgan fingerprint density at radius 1 is 1.31 bits per heavy atom. The number of benzene rings is 1. The third-order valence-electron chi connectivity index (χ3n) is 4.20. The van der Waals surface area contributed by atoms with Crippen LogP contribution in [0.3, 0.4) is 0 Å². The van der Waals surface area contributed by atoms with Crippen molar-refractivity contribution in [2.45, 2.75) is 38.8 Å². The first-order valence-corrected chi connectivity index (χ1v) is 10.8. The number of aliphatic imine (C=N–C) groups is 1. The Labute approximate surface area is 155 Å². The lowest BCUT2D eigenvalue weighted by Crippen LogP contribution is -2.39. The third kappa shape index (κ3) is 6.67. The van der Waals surface area contributed by atoms with E-state index in [-0.39, 0.29) is 35.9 Å². The number of rotatable bonds is 7. The van der Waals surface area contributed by atoms with Gasteiger partial charge in [0.05, 0.1) is 24.1 Å². The van der Waals surface area contributed by atoms with E-state index in [1.807, 2.05) is 37.3 Å². The molecule has 8 heteroatoms. The zero-order chi connectivity index (χ0) is 19.0. The van der Waals surface area contributed by atoms with Crippen molar-refractivity contribution in [3.8, 4) is 0 Å². The number of guanidine groups is 1. The highest BCUT2D eigenvalue weighted by atomic mass is 32.2. The molecule has 1 saturated heterocycles. The Kier molecular flexibility index (Phi) is 7.44. The van der Waals surface area contributed by atoms with E-state index in [4.69, 9.17) is 0 Å². The van der Waals surface area contributed by atoms with Crippen LogP contribution < -0.4 is 16.0 Å². The molecular formula is C18H28N4O3S. The molecule has 3 N–H and O–H groups in total. The minimum Gasteiger partial charge on any atom is -0.357 e. The molecule has 1 fully saturated rings. The van der Waals surface area contributed by atoms with E-state index in [1.54, 1.807) is 0 Å². The van der Waals surface area contributed by atoms with Crippen LogP contribution in [0.1, 0.15) is 38.3 Å². The van der Waals surface area contributed by atoms with Gasteiger partial charge in [0.15, 0.2) is 15.8 Å². The molecule has 1 aliphatic heterocycles. The van der Waals surface area contributed by atoms with E-state index in [2.05, 4.69) is 27.9 Å². The molecule has 1 aromatic rings. The Hall–Kier alpha value is -2.09. The molecule has 1 heterocycles. The first-order chi connectivity index (χ1) is 12.4. The first kappa shape index (κ1) is 20.2.